The fourth-order valence-corrected chi connectivity index (χ4v) is 2.13. The zero-order valence-corrected chi connectivity index (χ0v) is 11.6. The van der Waals surface area contributed by atoms with Crippen molar-refractivity contribution in [1.82, 2.24) is 10.5 Å². The van der Waals surface area contributed by atoms with Crippen molar-refractivity contribution < 1.29 is 4.52 Å². The number of nitrogens with two attached hydrogens (primary N) is 1. The van der Waals surface area contributed by atoms with E-state index in [4.69, 9.17) is 10.3 Å². The van der Waals surface area contributed by atoms with Gasteiger partial charge in [0.1, 0.15) is 5.76 Å². The van der Waals surface area contributed by atoms with Gasteiger partial charge in [0, 0.05) is 11.6 Å². The van der Waals surface area contributed by atoms with Crippen LogP contribution < -0.4 is 11.1 Å². The van der Waals surface area contributed by atoms with Gasteiger partial charge in [0.05, 0.1) is 5.69 Å². The summed E-state index contributed by atoms with van der Waals surface area (Å²) in [4.78, 5) is 0. The minimum atomic E-state index is 0.258. The van der Waals surface area contributed by atoms with Crippen molar-refractivity contribution >= 4 is 0 Å². The Kier molecular flexibility index (Phi) is 5.15. The number of hydrogen-bond acceptors (Lipinski definition) is 4. The largest absolute Gasteiger partial charge is 0.361 e. The number of nitrogens with zero attached hydrogens (tertiary/aromatic N) is 1. The standard InChI is InChI=1S/C13H25N3O/c1-8(2)12(6-14)7-15-9(3)13-10(4)16-17-11(13)5/h8-9,12,15H,6-7,14H2,1-5H3. The van der Waals surface area contributed by atoms with Crippen molar-refractivity contribution in [3.05, 3.63) is 17.0 Å². The smallest absolute Gasteiger partial charge is 0.138 e. The van der Waals surface area contributed by atoms with Gasteiger partial charge >= 0.3 is 0 Å². The number of aromatic nitrogens is 1. The molecule has 2 unspecified atom stereocenters. The van der Waals surface area contributed by atoms with Gasteiger partial charge in [-0.2, -0.15) is 0 Å². The third-order valence-electron chi connectivity index (χ3n) is 3.45. The summed E-state index contributed by atoms with van der Waals surface area (Å²) in [6.45, 7) is 12.1. The van der Waals surface area contributed by atoms with Crippen LogP contribution in [0.25, 0.3) is 0 Å². The molecule has 1 rings (SSSR count). The first-order valence-corrected chi connectivity index (χ1v) is 6.33. The van der Waals surface area contributed by atoms with E-state index in [0.29, 0.717) is 11.8 Å². The third kappa shape index (κ3) is 3.54. The summed E-state index contributed by atoms with van der Waals surface area (Å²) in [5, 5.41) is 7.50. The van der Waals surface area contributed by atoms with E-state index in [1.807, 2.05) is 13.8 Å². The highest BCUT2D eigenvalue weighted by Gasteiger charge is 2.18. The third-order valence-corrected chi connectivity index (χ3v) is 3.45. The zero-order valence-electron chi connectivity index (χ0n) is 11.6. The first kappa shape index (κ1) is 14.2. The Labute approximate surface area is 104 Å². The fourth-order valence-electron chi connectivity index (χ4n) is 2.13. The average molecular weight is 239 g/mol. The lowest BCUT2D eigenvalue weighted by atomic mass is 9.95. The topological polar surface area (TPSA) is 64.1 Å². The Morgan fingerprint density at radius 3 is 2.35 bits per heavy atom. The maximum Gasteiger partial charge on any atom is 0.138 e. The van der Waals surface area contributed by atoms with Gasteiger partial charge in [0.2, 0.25) is 0 Å². The van der Waals surface area contributed by atoms with Gasteiger partial charge in [0.25, 0.3) is 0 Å². The highest BCUT2D eigenvalue weighted by Crippen LogP contribution is 2.21. The predicted molar refractivity (Wildman–Crippen MR) is 69.8 cm³/mol. The van der Waals surface area contributed by atoms with Crippen molar-refractivity contribution in [2.75, 3.05) is 13.1 Å². The van der Waals surface area contributed by atoms with Crippen LogP contribution in [-0.2, 0) is 0 Å². The van der Waals surface area contributed by atoms with E-state index < -0.39 is 0 Å². The molecule has 0 aromatic carbocycles. The Morgan fingerprint density at radius 1 is 1.29 bits per heavy atom. The molecule has 0 amide bonds. The van der Waals surface area contributed by atoms with E-state index in [1.54, 1.807) is 0 Å². The molecule has 1 aromatic heterocycles. The second-order valence-corrected chi connectivity index (χ2v) is 5.11. The molecular formula is C13H25N3O. The number of nitrogens with one attached hydrogen (secondary N) is 1. The average Bonchev–Trinajstić information content (AvgIpc) is 2.58. The molecule has 0 aliphatic rings. The Balaban J connectivity index is 2.58. The lowest BCUT2D eigenvalue weighted by Crippen LogP contribution is -2.33. The molecule has 0 saturated heterocycles. The van der Waals surface area contributed by atoms with Crippen molar-refractivity contribution in [3.63, 3.8) is 0 Å². The first-order chi connectivity index (χ1) is 7.97. The van der Waals surface area contributed by atoms with Gasteiger partial charge in [-0.15, -0.1) is 0 Å². The van der Waals surface area contributed by atoms with E-state index in [9.17, 15) is 0 Å². The summed E-state index contributed by atoms with van der Waals surface area (Å²) in [5.41, 5.74) is 7.91. The van der Waals surface area contributed by atoms with Crippen molar-refractivity contribution in [2.24, 2.45) is 17.6 Å². The maximum absolute atomic E-state index is 5.77. The highest BCUT2D eigenvalue weighted by molar-refractivity contribution is 5.24. The molecule has 3 N–H and O–H groups in total. The first-order valence-electron chi connectivity index (χ1n) is 6.33. The molecule has 1 aromatic rings. The van der Waals surface area contributed by atoms with Gasteiger partial charge in [-0.25, -0.2) is 0 Å². The highest BCUT2D eigenvalue weighted by atomic mass is 16.5. The van der Waals surface area contributed by atoms with E-state index >= 15 is 0 Å². The van der Waals surface area contributed by atoms with Crippen LogP contribution in [0.5, 0.6) is 0 Å². The predicted octanol–water partition coefficient (Wildman–Crippen LogP) is 2.17. The molecule has 2 atom stereocenters. The van der Waals surface area contributed by atoms with E-state index in [-0.39, 0.29) is 6.04 Å². The second kappa shape index (κ2) is 6.17. The summed E-state index contributed by atoms with van der Waals surface area (Å²) >= 11 is 0. The molecule has 4 heteroatoms. The lowest BCUT2D eigenvalue weighted by Gasteiger charge is -2.22. The summed E-state index contributed by atoms with van der Waals surface area (Å²) in [5.74, 6) is 2.01. The lowest BCUT2D eigenvalue weighted by molar-refractivity contribution is 0.354. The van der Waals surface area contributed by atoms with Gasteiger partial charge in [-0.1, -0.05) is 19.0 Å². The van der Waals surface area contributed by atoms with Crippen LogP contribution in [0.3, 0.4) is 0 Å². The van der Waals surface area contributed by atoms with Crippen LogP contribution in [0.4, 0.5) is 0 Å². The van der Waals surface area contributed by atoms with Crippen molar-refractivity contribution in [3.8, 4) is 0 Å². The molecule has 98 valence electrons. The molecule has 0 saturated carbocycles. The number of aryl methyl sites for hydroxylation is 2. The summed E-state index contributed by atoms with van der Waals surface area (Å²) in [7, 11) is 0. The number of rotatable bonds is 6. The molecule has 0 radical (unpaired) electrons. The quantitative estimate of drug-likeness (QED) is 0.798. The van der Waals surface area contributed by atoms with Crippen LogP contribution in [0.1, 0.15) is 43.8 Å². The minimum Gasteiger partial charge on any atom is -0.361 e. The molecule has 0 fully saturated rings. The van der Waals surface area contributed by atoms with Crippen LogP contribution >= 0.6 is 0 Å². The number of hydrogen-bond donors (Lipinski definition) is 2. The van der Waals surface area contributed by atoms with E-state index in [0.717, 1.165) is 24.5 Å². The van der Waals surface area contributed by atoms with Crippen LogP contribution in [0, 0.1) is 25.7 Å². The molecular weight excluding hydrogens is 214 g/mol. The molecule has 0 spiro atoms. The monoisotopic (exact) mass is 239 g/mol. The van der Waals surface area contributed by atoms with Crippen LogP contribution in [0.15, 0.2) is 4.52 Å². The van der Waals surface area contributed by atoms with E-state index in [2.05, 4.69) is 31.2 Å². The normalized spacial score (nSPS) is 15.2. The van der Waals surface area contributed by atoms with Gasteiger partial charge in [0.15, 0.2) is 0 Å². The minimum absolute atomic E-state index is 0.258. The Bertz CT molecular complexity index is 327. The molecule has 17 heavy (non-hydrogen) atoms. The zero-order chi connectivity index (χ0) is 13.0. The second-order valence-electron chi connectivity index (χ2n) is 5.11. The summed E-state index contributed by atoms with van der Waals surface area (Å²) in [6.07, 6.45) is 0. The molecule has 4 nitrogen and oxygen atoms in total. The fraction of sp³-hybridized carbons (Fsp3) is 0.769. The SMILES string of the molecule is Cc1noc(C)c1C(C)NCC(CN)C(C)C. The van der Waals surface area contributed by atoms with Crippen LogP contribution in [-0.4, -0.2) is 18.2 Å². The van der Waals surface area contributed by atoms with E-state index in [1.165, 1.54) is 5.56 Å². The Morgan fingerprint density at radius 2 is 1.94 bits per heavy atom. The van der Waals surface area contributed by atoms with Gasteiger partial charge in [-0.05, 0) is 45.7 Å². The van der Waals surface area contributed by atoms with Crippen LogP contribution in [0.2, 0.25) is 0 Å². The summed E-state index contributed by atoms with van der Waals surface area (Å²) in [6, 6.07) is 0.258. The maximum atomic E-state index is 5.77. The molecule has 0 bridgehead atoms. The summed E-state index contributed by atoms with van der Waals surface area (Å²) < 4.78 is 5.18. The molecule has 0 aliphatic carbocycles. The Hall–Kier alpha value is -0.870. The van der Waals surface area contributed by atoms with Crippen molar-refractivity contribution in [2.45, 2.75) is 40.7 Å². The molecule has 1 heterocycles. The van der Waals surface area contributed by atoms with Crippen molar-refractivity contribution in [1.29, 1.82) is 0 Å². The molecule has 0 aliphatic heterocycles. The van der Waals surface area contributed by atoms with Gasteiger partial charge < -0.3 is 15.6 Å². The van der Waals surface area contributed by atoms with Gasteiger partial charge in [-0.3, -0.25) is 0 Å².